The minimum atomic E-state index is -0.108. The quantitative estimate of drug-likeness (QED) is 0.599. The molecule has 1 aliphatic rings. The summed E-state index contributed by atoms with van der Waals surface area (Å²) in [6.45, 7) is 7.35. The Morgan fingerprint density at radius 1 is 1.44 bits per heavy atom. The molecule has 1 amide bonds. The first-order valence-electron chi connectivity index (χ1n) is 5.99. The average Bonchev–Trinajstić information content (AvgIpc) is 2.34. The van der Waals surface area contributed by atoms with E-state index in [1.165, 1.54) is 0 Å². The Morgan fingerprint density at radius 2 is 2.12 bits per heavy atom. The Bertz CT molecular complexity index is 205. The van der Waals surface area contributed by atoms with Crippen molar-refractivity contribution >= 4 is 5.91 Å². The van der Waals surface area contributed by atoms with Crippen molar-refractivity contribution in [2.75, 3.05) is 46.4 Å². The second-order valence-corrected chi connectivity index (χ2v) is 4.11. The minimum Gasteiger partial charge on any atom is -0.379 e. The van der Waals surface area contributed by atoms with Crippen molar-refractivity contribution in [1.29, 1.82) is 0 Å². The molecule has 1 aliphatic heterocycles. The number of hydrogen-bond acceptors (Lipinski definition) is 4. The maximum atomic E-state index is 11.4. The maximum Gasteiger partial charge on any atom is 0.236 e. The first-order valence-corrected chi connectivity index (χ1v) is 5.99. The molecule has 1 saturated heterocycles. The van der Waals surface area contributed by atoms with Gasteiger partial charge < -0.3 is 15.4 Å². The van der Waals surface area contributed by atoms with E-state index in [4.69, 9.17) is 4.74 Å². The Balaban J connectivity index is 2.00. The summed E-state index contributed by atoms with van der Waals surface area (Å²) in [6, 6.07) is -0.108. The third-order valence-electron chi connectivity index (χ3n) is 2.88. The highest BCUT2D eigenvalue weighted by Gasteiger charge is 2.11. The lowest BCUT2D eigenvalue weighted by molar-refractivity contribution is -0.122. The number of nitrogens with zero attached hydrogens (tertiary/aromatic N) is 1. The number of nitrogens with one attached hydrogen (secondary N) is 2. The molecule has 0 bridgehead atoms. The van der Waals surface area contributed by atoms with Crippen LogP contribution in [-0.2, 0) is 9.53 Å². The van der Waals surface area contributed by atoms with E-state index in [9.17, 15) is 4.79 Å². The van der Waals surface area contributed by atoms with Crippen LogP contribution in [0.15, 0.2) is 0 Å². The number of rotatable bonds is 6. The molecule has 0 saturated carbocycles. The van der Waals surface area contributed by atoms with Gasteiger partial charge in [-0.3, -0.25) is 9.69 Å². The zero-order chi connectivity index (χ0) is 11.8. The second kappa shape index (κ2) is 7.60. The normalized spacial score (nSPS) is 19.4. The third-order valence-corrected chi connectivity index (χ3v) is 2.88. The van der Waals surface area contributed by atoms with Crippen LogP contribution in [0, 0.1) is 0 Å². The maximum absolute atomic E-state index is 11.4. The summed E-state index contributed by atoms with van der Waals surface area (Å²) in [7, 11) is 1.79. The summed E-state index contributed by atoms with van der Waals surface area (Å²) < 4.78 is 5.27. The van der Waals surface area contributed by atoms with Gasteiger partial charge in [0.05, 0.1) is 19.3 Å². The number of ether oxygens (including phenoxy) is 1. The SMILES string of the molecule is CNC(C)C(=O)NCCCN1CCOCC1. The number of morpholine rings is 1. The molecule has 0 aromatic heterocycles. The lowest BCUT2D eigenvalue weighted by atomic mass is 10.3. The number of hydrogen-bond donors (Lipinski definition) is 2. The van der Waals surface area contributed by atoms with Crippen molar-refractivity contribution in [3.63, 3.8) is 0 Å². The Kier molecular flexibility index (Phi) is 6.37. The lowest BCUT2D eigenvalue weighted by Gasteiger charge is -2.26. The molecule has 1 rings (SSSR count). The van der Waals surface area contributed by atoms with Crippen LogP contribution in [0.2, 0.25) is 0 Å². The van der Waals surface area contributed by atoms with Crippen LogP contribution in [0.25, 0.3) is 0 Å². The van der Waals surface area contributed by atoms with Crippen molar-refractivity contribution in [2.45, 2.75) is 19.4 Å². The number of likely N-dealkylation sites (N-methyl/N-ethyl adjacent to an activating group) is 1. The molecule has 0 radical (unpaired) electrons. The van der Waals surface area contributed by atoms with Crippen LogP contribution in [0.5, 0.6) is 0 Å². The molecular formula is C11H23N3O2. The van der Waals surface area contributed by atoms with Crippen LogP contribution in [0.4, 0.5) is 0 Å². The summed E-state index contributed by atoms with van der Waals surface area (Å²) in [5.74, 6) is 0.0736. The van der Waals surface area contributed by atoms with Gasteiger partial charge in [0, 0.05) is 19.6 Å². The molecule has 0 aromatic rings. The highest BCUT2D eigenvalue weighted by Crippen LogP contribution is 1.97. The van der Waals surface area contributed by atoms with Gasteiger partial charge in [-0.25, -0.2) is 0 Å². The van der Waals surface area contributed by atoms with Gasteiger partial charge in [-0.2, -0.15) is 0 Å². The van der Waals surface area contributed by atoms with E-state index in [0.717, 1.165) is 45.8 Å². The molecule has 1 heterocycles. The van der Waals surface area contributed by atoms with Crippen LogP contribution in [0.1, 0.15) is 13.3 Å². The molecule has 1 unspecified atom stereocenters. The zero-order valence-corrected chi connectivity index (χ0v) is 10.3. The van der Waals surface area contributed by atoms with E-state index in [0.29, 0.717) is 0 Å². The van der Waals surface area contributed by atoms with E-state index in [-0.39, 0.29) is 11.9 Å². The molecule has 5 heteroatoms. The van der Waals surface area contributed by atoms with Gasteiger partial charge in [-0.15, -0.1) is 0 Å². The molecule has 16 heavy (non-hydrogen) atoms. The van der Waals surface area contributed by atoms with Gasteiger partial charge in [-0.05, 0) is 26.9 Å². The summed E-state index contributed by atoms with van der Waals surface area (Å²) in [6.07, 6.45) is 1.00. The molecule has 0 aliphatic carbocycles. The predicted molar refractivity (Wildman–Crippen MR) is 63.4 cm³/mol. The monoisotopic (exact) mass is 229 g/mol. The van der Waals surface area contributed by atoms with E-state index in [1.54, 1.807) is 7.05 Å². The fourth-order valence-corrected chi connectivity index (χ4v) is 1.62. The van der Waals surface area contributed by atoms with Crippen LogP contribution >= 0.6 is 0 Å². The zero-order valence-electron chi connectivity index (χ0n) is 10.3. The lowest BCUT2D eigenvalue weighted by Crippen LogP contribution is -2.42. The van der Waals surface area contributed by atoms with Gasteiger partial charge in [0.15, 0.2) is 0 Å². The van der Waals surface area contributed by atoms with E-state index in [1.807, 2.05) is 6.92 Å². The van der Waals surface area contributed by atoms with Crippen LogP contribution < -0.4 is 10.6 Å². The standard InChI is InChI=1S/C11H23N3O2/c1-10(12-2)11(15)13-4-3-5-14-6-8-16-9-7-14/h10,12H,3-9H2,1-2H3,(H,13,15). The van der Waals surface area contributed by atoms with Gasteiger partial charge in [0.25, 0.3) is 0 Å². The average molecular weight is 229 g/mol. The van der Waals surface area contributed by atoms with E-state index < -0.39 is 0 Å². The number of carbonyl (C=O) groups excluding carboxylic acids is 1. The van der Waals surface area contributed by atoms with Crippen molar-refractivity contribution in [1.82, 2.24) is 15.5 Å². The number of amides is 1. The van der Waals surface area contributed by atoms with Crippen molar-refractivity contribution < 1.29 is 9.53 Å². The van der Waals surface area contributed by atoms with Crippen molar-refractivity contribution in [2.24, 2.45) is 0 Å². The molecule has 1 atom stereocenters. The predicted octanol–water partition coefficient (Wildman–Crippen LogP) is -0.567. The largest absolute Gasteiger partial charge is 0.379 e. The third kappa shape index (κ3) is 4.92. The van der Waals surface area contributed by atoms with E-state index in [2.05, 4.69) is 15.5 Å². The first-order chi connectivity index (χ1) is 7.74. The van der Waals surface area contributed by atoms with Gasteiger partial charge in [0.2, 0.25) is 5.91 Å². The van der Waals surface area contributed by atoms with Crippen LogP contribution in [-0.4, -0.2) is 63.3 Å². The molecule has 1 fully saturated rings. The highest BCUT2D eigenvalue weighted by atomic mass is 16.5. The summed E-state index contributed by atoms with van der Waals surface area (Å²) in [5.41, 5.74) is 0. The summed E-state index contributed by atoms with van der Waals surface area (Å²) in [4.78, 5) is 13.8. The molecule has 5 nitrogen and oxygen atoms in total. The molecule has 2 N–H and O–H groups in total. The topological polar surface area (TPSA) is 53.6 Å². The first kappa shape index (κ1) is 13.4. The summed E-state index contributed by atoms with van der Waals surface area (Å²) in [5, 5.41) is 5.83. The van der Waals surface area contributed by atoms with Crippen molar-refractivity contribution in [3.8, 4) is 0 Å². The minimum absolute atomic E-state index is 0.0736. The highest BCUT2D eigenvalue weighted by molar-refractivity contribution is 5.81. The Hall–Kier alpha value is -0.650. The summed E-state index contributed by atoms with van der Waals surface area (Å²) >= 11 is 0. The van der Waals surface area contributed by atoms with Crippen LogP contribution in [0.3, 0.4) is 0 Å². The van der Waals surface area contributed by atoms with Gasteiger partial charge in [0.1, 0.15) is 0 Å². The molecule has 0 spiro atoms. The fourth-order valence-electron chi connectivity index (χ4n) is 1.62. The van der Waals surface area contributed by atoms with Crippen molar-refractivity contribution in [3.05, 3.63) is 0 Å². The molecule has 94 valence electrons. The molecular weight excluding hydrogens is 206 g/mol. The van der Waals surface area contributed by atoms with Gasteiger partial charge >= 0.3 is 0 Å². The second-order valence-electron chi connectivity index (χ2n) is 4.11. The number of carbonyl (C=O) groups is 1. The fraction of sp³-hybridized carbons (Fsp3) is 0.909. The van der Waals surface area contributed by atoms with Gasteiger partial charge in [-0.1, -0.05) is 0 Å². The van der Waals surface area contributed by atoms with E-state index >= 15 is 0 Å². The molecule has 0 aromatic carbocycles. The Morgan fingerprint density at radius 3 is 2.75 bits per heavy atom. The Labute approximate surface area is 97.5 Å². The smallest absolute Gasteiger partial charge is 0.236 e.